The Kier molecular flexibility index (Phi) is 5.95. The van der Waals surface area contributed by atoms with E-state index in [2.05, 4.69) is 24.1 Å². The molecule has 2 aromatic heterocycles. The second-order valence-corrected chi connectivity index (χ2v) is 6.33. The van der Waals surface area contributed by atoms with Crippen molar-refractivity contribution in [3.63, 3.8) is 0 Å². The van der Waals surface area contributed by atoms with Gasteiger partial charge in [0.1, 0.15) is 11.9 Å². The van der Waals surface area contributed by atoms with Crippen molar-refractivity contribution in [2.24, 2.45) is 0 Å². The molecule has 130 valence electrons. The molecule has 0 saturated carbocycles. The fraction of sp³-hybridized carbons (Fsp3) is 0.500. The first-order valence-electron chi connectivity index (χ1n) is 8.38. The van der Waals surface area contributed by atoms with Crippen LogP contribution in [0.15, 0.2) is 35.4 Å². The summed E-state index contributed by atoms with van der Waals surface area (Å²) < 4.78 is 3.63. The number of carbonyl (C=O) groups excluding carboxylic acids is 1. The fourth-order valence-corrected chi connectivity index (χ4v) is 2.73. The van der Waals surface area contributed by atoms with Crippen LogP contribution in [0.5, 0.6) is 0 Å². The highest BCUT2D eigenvalue weighted by Crippen LogP contribution is 2.17. The molecule has 0 aliphatic rings. The number of carbonyl (C=O) groups is 1. The van der Waals surface area contributed by atoms with Crippen LogP contribution in [0.1, 0.15) is 50.7 Å². The van der Waals surface area contributed by atoms with Crippen LogP contribution in [0.2, 0.25) is 0 Å². The molecule has 2 aromatic rings. The van der Waals surface area contributed by atoms with Crippen molar-refractivity contribution in [3.8, 4) is 0 Å². The first-order chi connectivity index (χ1) is 11.4. The molecule has 1 atom stereocenters. The molecule has 1 amide bonds. The van der Waals surface area contributed by atoms with E-state index in [0.717, 1.165) is 11.5 Å². The Labute approximate surface area is 142 Å². The molecule has 0 saturated heterocycles. The first-order valence-corrected chi connectivity index (χ1v) is 8.38. The molecule has 0 spiro atoms. The maximum absolute atomic E-state index is 12.3. The monoisotopic (exact) mass is 330 g/mol. The van der Waals surface area contributed by atoms with Crippen LogP contribution < -0.4 is 10.9 Å². The third kappa shape index (κ3) is 4.13. The Hall–Kier alpha value is -2.37. The van der Waals surface area contributed by atoms with Gasteiger partial charge in [0.25, 0.3) is 5.56 Å². The van der Waals surface area contributed by atoms with E-state index in [4.69, 9.17) is 0 Å². The van der Waals surface area contributed by atoms with Crippen molar-refractivity contribution < 1.29 is 4.79 Å². The van der Waals surface area contributed by atoms with E-state index in [1.165, 1.54) is 0 Å². The average molecular weight is 330 g/mol. The lowest BCUT2D eigenvalue weighted by molar-refractivity contribution is -0.123. The lowest BCUT2D eigenvalue weighted by Crippen LogP contribution is -2.33. The highest BCUT2D eigenvalue weighted by atomic mass is 16.2. The topological polar surface area (TPSA) is 68.9 Å². The van der Waals surface area contributed by atoms with E-state index in [1.807, 2.05) is 30.7 Å². The molecule has 2 rings (SSSR count). The van der Waals surface area contributed by atoms with Crippen LogP contribution in [0.3, 0.4) is 0 Å². The maximum Gasteiger partial charge on any atom is 0.250 e. The summed E-state index contributed by atoms with van der Waals surface area (Å²) in [6.45, 7) is 9.04. The van der Waals surface area contributed by atoms with Crippen LogP contribution in [0.25, 0.3) is 0 Å². The predicted molar refractivity (Wildman–Crippen MR) is 94.1 cm³/mol. The Morgan fingerprint density at radius 3 is 2.71 bits per heavy atom. The molecule has 6 nitrogen and oxygen atoms in total. The minimum atomic E-state index is -0.300. The van der Waals surface area contributed by atoms with E-state index in [0.29, 0.717) is 19.5 Å². The smallest absolute Gasteiger partial charge is 0.250 e. The van der Waals surface area contributed by atoms with Crippen LogP contribution in [-0.4, -0.2) is 26.6 Å². The molecular weight excluding hydrogens is 304 g/mol. The van der Waals surface area contributed by atoms with Gasteiger partial charge in [0, 0.05) is 43.2 Å². The standard InChI is InChI=1S/C18H26N4O2/c1-13(2)17-19-10-12-22(17)15(4)18(24)20-9-6-11-21-14(3)7-5-8-16(21)23/h5,7-8,10,12-13,15H,6,9,11H2,1-4H3,(H,20,24)/t15-/m0/s1. The van der Waals surface area contributed by atoms with E-state index < -0.39 is 0 Å². The molecule has 0 unspecified atom stereocenters. The predicted octanol–water partition coefficient (Wildman–Crippen LogP) is 2.24. The molecule has 1 N–H and O–H groups in total. The summed E-state index contributed by atoms with van der Waals surface area (Å²) in [4.78, 5) is 28.5. The summed E-state index contributed by atoms with van der Waals surface area (Å²) in [5.74, 6) is 1.14. The number of hydrogen-bond donors (Lipinski definition) is 1. The Bertz CT molecular complexity index is 745. The van der Waals surface area contributed by atoms with Crippen LogP contribution in [0.4, 0.5) is 0 Å². The molecule has 0 radical (unpaired) electrons. The second-order valence-electron chi connectivity index (χ2n) is 6.33. The number of hydrogen-bond acceptors (Lipinski definition) is 3. The third-order valence-corrected chi connectivity index (χ3v) is 4.14. The lowest BCUT2D eigenvalue weighted by Gasteiger charge is -2.18. The van der Waals surface area contributed by atoms with Gasteiger partial charge in [0.05, 0.1) is 0 Å². The number of rotatable bonds is 7. The molecule has 0 aliphatic carbocycles. The normalized spacial score (nSPS) is 12.4. The van der Waals surface area contributed by atoms with Crippen molar-refractivity contribution in [1.82, 2.24) is 19.4 Å². The van der Waals surface area contributed by atoms with E-state index in [9.17, 15) is 9.59 Å². The number of pyridine rings is 1. The molecular formula is C18H26N4O2. The van der Waals surface area contributed by atoms with Gasteiger partial charge in [0.2, 0.25) is 5.91 Å². The molecule has 0 fully saturated rings. The molecule has 0 aromatic carbocycles. The number of imidazole rings is 1. The quantitative estimate of drug-likeness (QED) is 0.792. The highest BCUT2D eigenvalue weighted by molar-refractivity contribution is 5.79. The van der Waals surface area contributed by atoms with Gasteiger partial charge in [0.15, 0.2) is 0 Å². The van der Waals surface area contributed by atoms with Crippen molar-refractivity contribution in [2.75, 3.05) is 6.54 Å². The van der Waals surface area contributed by atoms with Crippen LogP contribution in [0, 0.1) is 6.92 Å². The van der Waals surface area contributed by atoms with Gasteiger partial charge in [-0.3, -0.25) is 9.59 Å². The number of nitrogens with zero attached hydrogens (tertiary/aromatic N) is 3. The van der Waals surface area contributed by atoms with Crippen molar-refractivity contribution in [2.45, 2.75) is 52.6 Å². The third-order valence-electron chi connectivity index (χ3n) is 4.14. The number of aryl methyl sites for hydroxylation is 1. The number of aromatic nitrogens is 3. The summed E-state index contributed by atoms with van der Waals surface area (Å²) in [6.07, 6.45) is 4.28. The van der Waals surface area contributed by atoms with Gasteiger partial charge in [-0.25, -0.2) is 4.98 Å². The van der Waals surface area contributed by atoms with Crippen LogP contribution >= 0.6 is 0 Å². The zero-order chi connectivity index (χ0) is 17.7. The minimum absolute atomic E-state index is 0.00492. The van der Waals surface area contributed by atoms with E-state index in [-0.39, 0.29) is 23.4 Å². The maximum atomic E-state index is 12.3. The summed E-state index contributed by atoms with van der Waals surface area (Å²) in [5.41, 5.74) is 0.928. The first kappa shape index (κ1) is 18.0. The summed E-state index contributed by atoms with van der Waals surface area (Å²) >= 11 is 0. The van der Waals surface area contributed by atoms with Gasteiger partial charge in [-0.2, -0.15) is 0 Å². The summed E-state index contributed by atoms with van der Waals surface area (Å²) in [7, 11) is 0. The minimum Gasteiger partial charge on any atom is -0.354 e. The largest absolute Gasteiger partial charge is 0.354 e. The molecule has 0 aliphatic heterocycles. The fourth-order valence-electron chi connectivity index (χ4n) is 2.73. The zero-order valence-corrected chi connectivity index (χ0v) is 14.8. The number of amides is 1. The molecule has 2 heterocycles. The van der Waals surface area contributed by atoms with E-state index in [1.54, 1.807) is 22.9 Å². The van der Waals surface area contributed by atoms with Crippen LogP contribution in [-0.2, 0) is 11.3 Å². The Morgan fingerprint density at radius 1 is 1.29 bits per heavy atom. The number of nitrogens with one attached hydrogen (secondary N) is 1. The SMILES string of the molecule is Cc1cccc(=O)n1CCCNC(=O)[C@H](C)n1ccnc1C(C)C. The Balaban J connectivity index is 1.87. The Morgan fingerprint density at radius 2 is 2.04 bits per heavy atom. The van der Waals surface area contributed by atoms with Crippen molar-refractivity contribution >= 4 is 5.91 Å². The van der Waals surface area contributed by atoms with Gasteiger partial charge in [-0.15, -0.1) is 0 Å². The molecule has 6 heteroatoms. The highest BCUT2D eigenvalue weighted by Gasteiger charge is 2.18. The zero-order valence-electron chi connectivity index (χ0n) is 14.8. The summed E-state index contributed by atoms with van der Waals surface area (Å²) in [6, 6.07) is 4.93. The average Bonchev–Trinajstić information content (AvgIpc) is 3.02. The molecule has 24 heavy (non-hydrogen) atoms. The van der Waals surface area contributed by atoms with Gasteiger partial charge in [-0.1, -0.05) is 19.9 Å². The van der Waals surface area contributed by atoms with Gasteiger partial charge >= 0.3 is 0 Å². The lowest BCUT2D eigenvalue weighted by atomic mass is 10.2. The summed E-state index contributed by atoms with van der Waals surface area (Å²) in [5, 5.41) is 2.94. The van der Waals surface area contributed by atoms with Crippen molar-refractivity contribution in [3.05, 3.63) is 52.5 Å². The van der Waals surface area contributed by atoms with Crippen molar-refractivity contribution in [1.29, 1.82) is 0 Å². The van der Waals surface area contributed by atoms with Gasteiger partial charge < -0.3 is 14.5 Å². The van der Waals surface area contributed by atoms with Gasteiger partial charge in [-0.05, 0) is 26.3 Å². The molecule has 0 bridgehead atoms. The second kappa shape index (κ2) is 7.95. The van der Waals surface area contributed by atoms with E-state index >= 15 is 0 Å².